The third kappa shape index (κ3) is 10.3. The zero-order valence-corrected chi connectivity index (χ0v) is 32.8. The van der Waals surface area contributed by atoms with Crippen LogP contribution in [-0.2, 0) is 0 Å². The van der Waals surface area contributed by atoms with E-state index in [0.29, 0.717) is 31.2 Å². The third-order valence-corrected chi connectivity index (χ3v) is 11.9. The van der Waals surface area contributed by atoms with E-state index in [1.807, 2.05) is 101 Å². The highest BCUT2D eigenvalue weighted by molar-refractivity contribution is 14.1. The fraction of sp³-hybridized carbons (Fsp3) is 0. The minimum absolute atomic E-state index is 0.122. The number of aromatic carboxylic acids is 1. The Morgan fingerprint density at radius 2 is 1.13 bits per heavy atom. The second kappa shape index (κ2) is 17.9. The molecule has 2 aromatic heterocycles. The molecule has 0 spiro atoms. The lowest BCUT2D eigenvalue weighted by Crippen LogP contribution is -2.12. The molecule has 0 unspecified atom stereocenters. The van der Waals surface area contributed by atoms with Gasteiger partial charge in [0.15, 0.2) is 0 Å². The standard InChI is InChI=1S/C17H10Cl2INOS.C12H9Cl2N.C5H3IO2S/c18-13-6-5-10(9-14(13)19)11-3-1-2-4-15(11)21-17(22)12-7-8-23-16(12)20;13-10-6-5-8(7-11(10)14)9-3-1-2-4-12(9)15;6-4-3(5(7)8)1-2-9-4/h1-9H,(H,21,22);1-7H,15H2;1-2H,(H,7,8). The molecule has 0 aliphatic rings. The largest absolute Gasteiger partial charge is 0.478 e. The van der Waals surface area contributed by atoms with Gasteiger partial charge >= 0.3 is 5.97 Å². The molecule has 4 N–H and O–H groups in total. The van der Waals surface area contributed by atoms with E-state index in [-0.39, 0.29) is 5.91 Å². The lowest BCUT2D eigenvalue weighted by Gasteiger charge is -2.12. The number of benzene rings is 4. The van der Waals surface area contributed by atoms with Crippen LogP contribution in [0, 0.1) is 5.77 Å². The first-order chi connectivity index (χ1) is 22.5. The van der Waals surface area contributed by atoms with Gasteiger partial charge < -0.3 is 16.2 Å². The molecule has 13 heteroatoms. The van der Waals surface area contributed by atoms with Crippen molar-refractivity contribution in [2.45, 2.75) is 0 Å². The van der Waals surface area contributed by atoms with Crippen LogP contribution >= 0.6 is 114 Å². The molecule has 6 rings (SSSR count). The number of para-hydroxylation sites is 2. The molecule has 0 radical (unpaired) electrons. The van der Waals surface area contributed by atoms with Crippen molar-refractivity contribution in [1.29, 1.82) is 0 Å². The fourth-order valence-corrected chi connectivity index (χ4v) is 7.55. The van der Waals surface area contributed by atoms with E-state index in [4.69, 9.17) is 57.2 Å². The predicted octanol–water partition coefficient (Wildman–Crippen LogP) is 12.9. The summed E-state index contributed by atoms with van der Waals surface area (Å²) in [6.45, 7) is 0. The molecule has 0 aliphatic heterocycles. The molecule has 0 bridgehead atoms. The molecule has 6 aromatic rings. The van der Waals surface area contributed by atoms with Crippen LogP contribution in [0.1, 0.15) is 20.7 Å². The fourth-order valence-electron chi connectivity index (χ4n) is 4.02. The lowest BCUT2D eigenvalue weighted by atomic mass is 10.0. The van der Waals surface area contributed by atoms with Gasteiger partial charge in [0.25, 0.3) is 5.91 Å². The predicted molar refractivity (Wildman–Crippen MR) is 217 cm³/mol. The number of carboxylic acids is 1. The summed E-state index contributed by atoms with van der Waals surface area (Å²) in [4.78, 5) is 22.7. The highest BCUT2D eigenvalue weighted by atomic mass is 127. The summed E-state index contributed by atoms with van der Waals surface area (Å²) in [5.41, 5.74) is 12.1. The van der Waals surface area contributed by atoms with Gasteiger partial charge in [-0.2, -0.15) is 0 Å². The van der Waals surface area contributed by atoms with E-state index < -0.39 is 5.97 Å². The van der Waals surface area contributed by atoms with Crippen LogP contribution in [-0.4, -0.2) is 17.0 Å². The highest BCUT2D eigenvalue weighted by Gasteiger charge is 2.14. The van der Waals surface area contributed by atoms with E-state index >= 15 is 0 Å². The summed E-state index contributed by atoms with van der Waals surface area (Å²) in [6.07, 6.45) is 0. The van der Waals surface area contributed by atoms with Crippen LogP contribution in [0.4, 0.5) is 11.4 Å². The summed E-state index contributed by atoms with van der Waals surface area (Å²) in [7, 11) is 0. The monoisotopic (exact) mass is 964 g/mol. The zero-order valence-electron chi connectivity index (χ0n) is 23.8. The zero-order chi connectivity index (χ0) is 34.1. The highest BCUT2D eigenvalue weighted by Crippen LogP contribution is 2.34. The average molecular weight is 966 g/mol. The molecule has 0 aliphatic carbocycles. The minimum Gasteiger partial charge on any atom is -0.478 e. The first-order valence-corrected chi connectivity index (χ1v) is 18.7. The maximum atomic E-state index is 12.4. The van der Waals surface area contributed by atoms with Gasteiger partial charge in [0, 0.05) is 22.5 Å². The number of amides is 1. The molecule has 0 fully saturated rings. The van der Waals surface area contributed by atoms with Crippen molar-refractivity contribution in [3.8, 4) is 22.3 Å². The van der Waals surface area contributed by atoms with Gasteiger partial charge in [0.05, 0.1) is 37.0 Å². The number of nitrogen functional groups attached to an aromatic ring is 1. The van der Waals surface area contributed by atoms with Gasteiger partial charge in [-0.15, -0.1) is 22.7 Å². The normalized spacial score (nSPS) is 10.3. The van der Waals surface area contributed by atoms with Crippen molar-refractivity contribution in [2.24, 2.45) is 0 Å². The number of thiophene rings is 2. The van der Waals surface area contributed by atoms with Crippen molar-refractivity contribution < 1.29 is 14.7 Å². The Hall–Kier alpha value is -2.36. The SMILES string of the molecule is Nc1ccccc1-c1ccc(Cl)c(Cl)c1.O=C(Nc1ccccc1-c1ccc(Cl)c(Cl)c1)c1ccsc1I.O=C(O)c1ccsc1I. The quantitative estimate of drug-likeness (QED) is 0.119. The summed E-state index contributed by atoms with van der Waals surface area (Å²) in [6, 6.07) is 29.6. The number of rotatable bonds is 5. The molecule has 1 amide bonds. The van der Waals surface area contributed by atoms with E-state index in [9.17, 15) is 9.59 Å². The molecular weight excluding hydrogens is 944 g/mol. The number of nitrogens with two attached hydrogens (primary N) is 1. The summed E-state index contributed by atoms with van der Waals surface area (Å²) in [5, 5.41) is 17.2. The van der Waals surface area contributed by atoms with Gasteiger partial charge in [0.2, 0.25) is 0 Å². The maximum Gasteiger partial charge on any atom is 0.337 e. The second-order valence-corrected chi connectivity index (χ2v) is 16.4. The molecule has 4 aromatic carbocycles. The number of carboxylic acid groups (broad SMARTS) is 1. The van der Waals surface area contributed by atoms with Crippen LogP contribution < -0.4 is 11.1 Å². The van der Waals surface area contributed by atoms with Gasteiger partial charge in [-0.3, -0.25) is 4.79 Å². The summed E-state index contributed by atoms with van der Waals surface area (Å²) < 4.78 is 1.80. The van der Waals surface area contributed by atoms with Crippen LogP contribution in [0.5, 0.6) is 0 Å². The van der Waals surface area contributed by atoms with Gasteiger partial charge in [-0.25, -0.2) is 4.79 Å². The summed E-state index contributed by atoms with van der Waals surface area (Å²) >= 11 is 31.0. The minimum atomic E-state index is -0.847. The number of hydrogen-bond acceptors (Lipinski definition) is 5. The number of nitrogens with one attached hydrogen (secondary N) is 1. The van der Waals surface area contributed by atoms with E-state index in [2.05, 4.69) is 27.9 Å². The van der Waals surface area contributed by atoms with Crippen LogP contribution in [0.2, 0.25) is 20.1 Å². The Morgan fingerprint density at radius 1 is 0.638 bits per heavy atom. The molecule has 240 valence electrons. The van der Waals surface area contributed by atoms with Crippen molar-refractivity contribution in [3.05, 3.63) is 145 Å². The Bertz CT molecular complexity index is 2030. The smallest absolute Gasteiger partial charge is 0.337 e. The molecular formula is C34H22Cl4I2N2O3S2. The Labute approximate surface area is 326 Å². The average Bonchev–Trinajstić information content (AvgIpc) is 3.69. The summed E-state index contributed by atoms with van der Waals surface area (Å²) in [5.74, 6) is -0.969. The molecule has 0 saturated carbocycles. The first-order valence-electron chi connectivity index (χ1n) is 13.3. The number of halogens is 6. The number of hydrogen-bond donors (Lipinski definition) is 3. The number of carbonyl (C=O) groups is 2. The van der Waals surface area contributed by atoms with Crippen LogP contribution in [0.15, 0.2) is 108 Å². The molecule has 0 atom stereocenters. The van der Waals surface area contributed by atoms with Crippen molar-refractivity contribution in [3.63, 3.8) is 0 Å². The van der Waals surface area contributed by atoms with E-state index in [1.165, 1.54) is 11.3 Å². The van der Waals surface area contributed by atoms with Gasteiger partial charge in [0.1, 0.15) is 0 Å². The number of carbonyl (C=O) groups excluding carboxylic acids is 1. The Morgan fingerprint density at radius 3 is 1.60 bits per heavy atom. The Balaban J connectivity index is 0.000000178. The molecule has 2 heterocycles. The van der Waals surface area contributed by atoms with Crippen molar-refractivity contribution in [1.82, 2.24) is 0 Å². The third-order valence-electron chi connectivity index (χ3n) is 6.31. The number of anilines is 2. The molecule has 0 saturated heterocycles. The van der Waals surface area contributed by atoms with E-state index in [0.717, 1.165) is 39.4 Å². The first kappa shape index (κ1) is 37.5. The molecule has 5 nitrogen and oxygen atoms in total. The van der Waals surface area contributed by atoms with Gasteiger partial charge in [-0.1, -0.05) is 94.9 Å². The van der Waals surface area contributed by atoms with E-state index in [1.54, 1.807) is 41.0 Å². The van der Waals surface area contributed by atoms with Crippen molar-refractivity contribution >= 4 is 138 Å². The topological polar surface area (TPSA) is 92.4 Å². The molecule has 47 heavy (non-hydrogen) atoms. The second-order valence-electron chi connectivity index (χ2n) is 9.37. The Kier molecular flexibility index (Phi) is 14.2. The van der Waals surface area contributed by atoms with Gasteiger partial charge in [-0.05, 0) is 116 Å². The van der Waals surface area contributed by atoms with Crippen molar-refractivity contribution in [2.75, 3.05) is 11.1 Å². The maximum absolute atomic E-state index is 12.4. The van der Waals surface area contributed by atoms with Crippen LogP contribution in [0.3, 0.4) is 0 Å². The van der Waals surface area contributed by atoms with Crippen LogP contribution in [0.25, 0.3) is 22.3 Å². The lowest BCUT2D eigenvalue weighted by molar-refractivity contribution is 0.0696.